The fourth-order valence-electron chi connectivity index (χ4n) is 7.89. The molecule has 1 aliphatic heterocycles. The van der Waals surface area contributed by atoms with Crippen LogP contribution in [0.25, 0.3) is 0 Å². The average molecular weight is 467 g/mol. The van der Waals surface area contributed by atoms with E-state index in [1.807, 2.05) is 13.8 Å². The van der Waals surface area contributed by atoms with Gasteiger partial charge in [0.05, 0.1) is 12.2 Å². The van der Waals surface area contributed by atoms with Crippen molar-refractivity contribution in [2.75, 3.05) is 6.61 Å². The number of hydrogen-bond donors (Lipinski definition) is 2. The van der Waals surface area contributed by atoms with Crippen molar-refractivity contribution in [3.8, 4) is 0 Å². The highest BCUT2D eigenvalue weighted by Crippen LogP contribution is 2.72. The Morgan fingerprint density at radius 1 is 1.27 bits per heavy atom. The summed E-state index contributed by atoms with van der Waals surface area (Å²) in [5.41, 5.74) is -6.26. The van der Waals surface area contributed by atoms with Gasteiger partial charge in [0.1, 0.15) is 12.8 Å². The van der Waals surface area contributed by atoms with Gasteiger partial charge in [-0.2, -0.15) is 0 Å². The Morgan fingerprint density at radius 2 is 1.97 bits per heavy atom. The van der Waals surface area contributed by atoms with Gasteiger partial charge in [-0.05, 0) is 49.8 Å². The molecule has 0 aromatic heterocycles. The molecule has 0 aromatic rings. The van der Waals surface area contributed by atoms with Crippen LogP contribution in [0.3, 0.4) is 0 Å². The van der Waals surface area contributed by atoms with E-state index >= 15 is 8.78 Å². The molecular weight excluding hydrogens is 434 g/mol. The van der Waals surface area contributed by atoms with E-state index in [9.17, 15) is 19.8 Å². The molecule has 5 rings (SSSR count). The molecule has 10 atom stereocenters. The summed E-state index contributed by atoms with van der Waals surface area (Å²) >= 11 is 0. The summed E-state index contributed by atoms with van der Waals surface area (Å²) in [5, 5.41) is 21.2. The molecule has 182 valence electrons. The SMILES string of the molecule is CC(C)C1OC2C[C@H]3[C@@H]4C[C@H](F)C5=CC(=O)C=C[C@]5(C)[C@@]4(F)[C@@H](O)C[C@]3(C)[C@]2(C(=O)CO)O1. The maximum Gasteiger partial charge on any atom is 0.193 e. The predicted molar refractivity (Wildman–Crippen MR) is 113 cm³/mol. The molecule has 2 N–H and O–H groups in total. The third kappa shape index (κ3) is 2.56. The summed E-state index contributed by atoms with van der Waals surface area (Å²) < 4.78 is 45.1. The number of fused-ring (bicyclic) bond motifs is 7. The van der Waals surface area contributed by atoms with Crippen LogP contribution in [0.2, 0.25) is 0 Å². The van der Waals surface area contributed by atoms with Crippen molar-refractivity contribution in [2.24, 2.45) is 28.6 Å². The predicted octanol–water partition coefficient (Wildman–Crippen LogP) is 2.61. The van der Waals surface area contributed by atoms with E-state index in [0.717, 1.165) is 6.08 Å². The summed E-state index contributed by atoms with van der Waals surface area (Å²) in [6.45, 7) is 6.34. The van der Waals surface area contributed by atoms with Gasteiger partial charge in [0.2, 0.25) is 0 Å². The number of rotatable bonds is 3. The van der Waals surface area contributed by atoms with Crippen molar-refractivity contribution < 1.29 is 38.1 Å². The van der Waals surface area contributed by atoms with Gasteiger partial charge in [-0.3, -0.25) is 9.59 Å². The van der Waals surface area contributed by atoms with Gasteiger partial charge in [0.25, 0.3) is 0 Å². The summed E-state index contributed by atoms with van der Waals surface area (Å²) in [5.74, 6) is -2.47. The van der Waals surface area contributed by atoms with Gasteiger partial charge in [-0.25, -0.2) is 8.78 Å². The average Bonchev–Trinajstić information content (AvgIpc) is 3.25. The Hall–Kier alpha value is -1.48. The zero-order chi connectivity index (χ0) is 24.1. The van der Waals surface area contributed by atoms with Crippen molar-refractivity contribution in [2.45, 2.75) is 82.9 Å². The molecule has 4 aliphatic carbocycles. The smallest absolute Gasteiger partial charge is 0.193 e. The molecule has 0 bridgehead atoms. The maximum absolute atomic E-state index is 17.2. The Bertz CT molecular complexity index is 963. The second kappa shape index (κ2) is 7.03. The van der Waals surface area contributed by atoms with Crippen molar-refractivity contribution >= 4 is 11.6 Å². The molecule has 4 fully saturated rings. The molecule has 3 saturated carbocycles. The Labute approximate surface area is 192 Å². The first-order valence-corrected chi connectivity index (χ1v) is 11.8. The van der Waals surface area contributed by atoms with E-state index in [1.54, 1.807) is 13.8 Å². The molecule has 1 saturated heterocycles. The highest BCUT2D eigenvalue weighted by molar-refractivity contribution is 6.01. The lowest BCUT2D eigenvalue weighted by Crippen LogP contribution is -2.71. The van der Waals surface area contributed by atoms with E-state index < -0.39 is 76.8 Å². The van der Waals surface area contributed by atoms with Crippen molar-refractivity contribution in [3.05, 3.63) is 23.8 Å². The fraction of sp³-hybridized carbons (Fsp3) is 0.760. The van der Waals surface area contributed by atoms with Crippen LogP contribution in [-0.4, -0.2) is 64.3 Å². The lowest BCUT2D eigenvalue weighted by atomic mass is 9.44. The first-order valence-electron chi connectivity index (χ1n) is 11.8. The van der Waals surface area contributed by atoms with Crippen molar-refractivity contribution in [1.82, 2.24) is 0 Å². The molecule has 6 nitrogen and oxygen atoms in total. The Morgan fingerprint density at radius 3 is 2.61 bits per heavy atom. The minimum absolute atomic E-state index is 0.0584. The van der Waals surface area contributed by atoms with Crippen LogP contribution in [0.1, 0.15) is 47.0 Å². The standard InChI is InChI=1S/C25H32F2O6/c1-12(2)21-32-20-9-14-15-8-17(26)16-7-13(29)5-6-22(16,3)24(15,27)18(30)10-23(14,4)25(20,33-21)19(31)11-28/h5-7,12,14-15,17-18,20-21,28,30H,8-11H2,1-4H3/t14-,15-,17-,18-,20?,21?,22-,23-,24-,25+/m0/s1. The van der Waals surface area contributed by atoms with E-state index in [2.05, 4.69) is 0 Å². The number of aliphatic hydroxyl groups is 2. The lowest BCUT2D eigenvalue weighted by Gasteiger charge is -2.63. The zero-order valence-electron chi connectivity index (χ0n) is 19.4. The number of Topliss-reactive ketones (excluding diaryl/α,β-unsaturated/α-hetero) is 1. The molecule has 0 amide bonds. The fourth-order valence-corrected chi connectivity index (χ4v) is 7.89. The zero-order valence-corrected chi connectivity index (χ0v) is 19.4. The minimum Gasteiger partial charge on any atom is -0.390 e. The third-order valence-corrected chi connectivity index (χ3v) is 9.49. The van der Waals surface area contributed by atoms with Gasteiger partial charge in [-0.15, -0.1) is 0 Å². The number of ether oxygens (including phenoxy) is 2. The van der Waals surface area contributed by atoms with Gasteiger partial charge in [0.15, 0.2) is 29.1 Å². The third-order valence-electron chi connectivity index (χ3n) is 9.49. The van der Waals surface area contributed by atoms with Gasteiger partial charge in [-0.1, -0.05) is 26.8 Å². The van der Waals surface area contributed by atoms with Crippen LogP contribution < -0.4 is 0 Å². The molecule has 0 aromatic carbocycles. The van der Waals surface area contributed by atoms with Gasteiger partial charge >= 0.3 is 0 Å². The lowest BCUT2D eigenvalue weighted by molar-refractivity contribution is -0.237. The van der Waals surface area contributed by atoms with Crippen LogP contribution in [0.15, 0.2) is 23.8 Å². The number of aliphatic hydroxyl groups excluding tert-OH is 2. The number of hydrogen-bond acceptors (Lipinski definition) is 6. The van der Waals surface area contributed by atoms with Crippen molar-refractivity contribution in [1.29, 1.82) is 0 Å². The summed E-state index contributed by atoms with van der Waals surface area (Å²) in [4.78, 5) is 25.2. The van der Waals surface area contributed by atoms with E-state index in [1.165, 1.54) is 12.2 Å². The summed E-state index contributed by atoms with van der Waals surface area (Å²) in [6.07, 6.45) is -0.752. The maximum atomic E-state index is 17.2. The highest BCUT2D eigenvalue weighted by Gasteiger charge is 2.80. The summed E-state index contributed by atoms with van der Waals surface area (Å²) in [6, 6.07) is 0. The molecule has 5 aliphatic rings. The Balaban J connectivity index is 1.64. The molecule has 8 heteroatoms. The monoisotopic (exact) mass is 466 g/mol. The molecule has 2 unspecified atom stereocenters. The normalized spacial score (nSPS) is 52.8. The highest BCUT2D eigenvalue weighted by atomic mass is 19.1. The van der Waals surface area contributed by atoms with Gasteiger partial charge in [0, 0.05) is 22.7 Å². The second-order valence-electron chi connectivity index (χ2n) is 11.3. The Kier molecular flexibility index (Phi) is 4.96. The van der Waals surface area contributed by atoms with E-state index in [0.29, 0.717) is 0 Å². The number of carbonyl (C=O) groups is 2. The molecule has 0 spiro atoms. The second-order valence-corrected chi connectivity index (χ2v) is 11.3. The van der Waals surface area contributed by atoms with Crippen LogP contribution >= 0.6 is 0 Å². The van der Waals surface area contributed by atoms with Gasteiger partial charge < -0.3 is 19.7 Å². The quantitative estimate of drug-likeness (QED) is 0.664. The first kappa shape index (κ1) is 23.3. The molecule has 33 heavy (non-hydrogen) atoms. The number of carbonyl (C=O) groups excluding carboxylic acids is 2. The number of allylic oxidation sites excluding steroid dienone is 4. The molecular formula is C25H32F2O6. The van der Waals surface area contributed by atoms with Crippen molar-refractivity contribution in [3.63, 3.8) is 0 Å². The van der Waals surface area contributed by atoms with E-state index in [-0.39, 0.29) is 30.8 Å². The minimum atomic E-state index is -2.23. The molecule has 0 radical (unpaired) electrons. The van der Waals surface area contributed by atoms with Crippen LogP contribution in [0.4, 0.5) is 8.78 Å². The van der Waals surface area contributed by atoms with Crippen LogP contribution in [0, 0.1) is 28.6 Å². The number of halogens is 2. The van der Waals surface area contributed by atoms with Crippen LogP contribution in [0.5, 0.6) is 0 Å². The van der Waals surface area contributed by atoms with E-state index in [4.69, 9.17) is 9.47 Å². The molecule has 1 heterocycles. The topological polar surface area (TPSA) is 93.1 Å². The largest absolute Gasteiger partial charge is 0.390 e. The first-order chi connectivity index (χ1) is 15.4. The number of alkyl halides is 2. The van der Waals surface area contributed by atoms with Crippen LogP contribution in [-0.2, 0) is 19.1 Å². The summed E-state index contributed by atoms with van der Waals surface area (Å²) in [7, 11) is 0. The number of ketones is 2.